The summed E-state index contributed by atoms with van der Waals surface area (Å²) in [6.07, 6.45) is 4.11. The highest BCUT2D eigenvalue weighted by atomic mass is 16.5. The molecule has 118 valence electrons. The van der Waals surface area contributed by atoms with Gasteiger partial charge in [-0.2, -0.15) is 0 Å². The van der Waals surface area contributed by atoms with Gasteiger partial charge in [0.25, 0.3) is 0 Å². The van der Waals surface area contributed by atoms with Crippen LogP contribution in [-0.4, -0.2) is 31.2 Å². The fourth-order valence-electron chi connectivity index (χ4n) is 2.23. The van der Waals surface area contributed by atoms with E-state index in [1.807, 2.05) is 18.2 Å². The summed E-state index contributed by atoms with van der Waals surface area (Å²) in [5.41, 5.74) is 2.39. The molecular formula is C17H24N4O. The van der Waals surface area contributed by atoms with Gasteiger partial charge in [-0.25, -0.2) is 0 Å². The molecule has 0 aliphatic rings. The third-order valence-corrected chi connectivity index (χ3v) is 3.31. The van der Waals surface area contributed by atoms with Crippen molar-refractivity contribution < 1.29 is 4.74 Å². The Bertz CT molecular complexity index is 578. The highest BCUT2D eigenvalue weighted by Crippen LogP contribution is 2.06. The predicted molar refractivity (Wildman–Crippen MR) is 89.8 cm³/mol. The molecule has 0 saturated carbocycles. The van der Waals surface area contributed by atoms with Crippen molar-refractivity contribution in [3.05, 3.63) is 59.9 Å². The predicted octanol–water partition coefficient (Wildman–Crippen LogP) is 2.00. The fourth-order valence-corrected chi connectivity index (χ4v) is 2.23. The number of hydrogen-bond acceptors (Lipinski definition) is 2. The maximum Gasteiger partial charge on any atom is 0.191 e. The Morgan fingerprint density at radius 3 is 2.64 bits per heavy atom. The van der Waals surface area contributed by atoms with E-state index in [1.165, 1.54) is 11.1 Å². The Morgan fingerprint density at radius 1 is 1.14 bits per heavy atom. The monoisotopic (exact) mass is 300 g/mol. The summed E-state index contributed by atoms with van der Waals surface area (Å²) in [5.74, 6) is 0.810. The van der Waals surface area contributed by atoms with Crippen molar-refractivity contribution in [3.63, 3.8) is 0 Å². The highest BCUT2D eigenvalue weighted by Gasteiger charge is 1.99. The quantitative estimate of drug-likeness (QED) is 0.607. The maximum atomic E-state index is 5.16. The van der Waals surface area contributed by atoms with Crippen LogP contribution in [0.25, 0.3) is 0 Å². The lowest BCUT2D eigenvalue weighted by Crippen LogP contribution is -2.38. The molecule has 5 nitrogen and oxygen atoms in total. The largest absolute Gasteiger partial charge is 0.380 e. The van der Waals surface area contributed by atoms with E-state index in [2.05, 4.69) is 50.8 Å². The van der Waals surface area contributed by atoms with Crippen molar-refractivity contribution in [2.75, 3.05) is 20.7 Å². The van der Waals surface area contributed by atoms with Crippen LogP contribution in [0.1, 0.15) is 11.1 Å². The summed E-state index contributed by atoms with van der Waals surface area (Å²) in [6, 6.07) is 12.4. The van der Waals surface area contributed by atoms with Gasteiger partial charge in [0, 0.05) is 46.2 Å². The Morgan fingerprint density at radius 2 is 1.91 bits per heavy atom. The number of aromatic nitrogens is 1. The van der Waals surface area contributed by atoms with Gasteiger partial charge in [-0.15, -0.1) is 0 Å². The first-order chi connectivity index (χ1) is 10.8. The van der Waals surface area contributed by atoms with E-state index in [0.29, 0.717) is 6.61 Å². The van der Waals surface area contributed by atoms with Crippen molar-refractivity contribution >= 4 is 5.96 Å². The van der Waals surface area contributed by atoms with Gasteiger partial charge >= 0.3 is 0 Å². The zero-order valence-corrected chi connectivity index (χ0v) is 13.2. The molecule has 0 amide bonds. The molecule has 1 aromatic carbocycles. The molecule has 1 heterocycles. The van der Waals surface area contributed by atoms with Gasteiger partial charge in [0.1, 0.15) is 0 Å². The normalized spacial score (nSPS) is 11.5. The number of benzene rings is 1. The molecule has 2 aromatic rings. The number of hydrogen-bond donors (Lipinski definition) is 2. The molecule has 2 N–H and O–H groups in total. The lowest BCUT2D eigenvalue weighted by atomic mass is 10.1. The Hall–Kier alpha value is -2.27. The minimum absolute atomic E-state index is 0.637. The van der Waals surface area contributed by atoms with E-state index in [0.717, 1.165) is 25.6 Å². The minimum Gasteiger partial charge on any atom is -0.380 e. The van der Waals surface area contributed by atoms with Gasteiger partial charge in [-0.3, -0.25) is 4.99 Å². The number of ether oxygens (including phenoxy) is 1. The van der Waals surface area contributed by atoms with E-state index >= 15 is 0 Å². The number of rotatable bonds is 7. The Balaban J connectivity index is 1.77. The number of methoxy groups -OCH3 is 1. The van der Waals surface area contributed by atoms with Gasteiger partial charge in [0.05, 0.1) is 6.61 Å². The molecule has 0 fully saturated rings. The molecular weight excluding hydrogens is 276 g/mol. The topological polar surface area (TPSA) is 50.6 Å². The smallest absolute Gasteiger partial charge is 0.191 e. The van der Waals surface area contributed by atoms with Crippen molar-refractivity contribution in [1.82, 2.24) is 15.2 Å². The molecule has 22 heavy (non-hydrogen) atoms. The molecule has 0 aliphatic carbocycles. The molecule has 0 saturated heterocycles. The zero-order chi connectivity index (χ0) is 15.6. The average Bonchev–Trinajstić information content (AvgIpc) is 3.05. The number of guanidine groups is 1. The first-order valence-electron chi connectivity index (χ1n) is 7.44. The number of nitrogens with one attached hydrogen (secondary N) is 2. The average molecular weight is 300 g/mol. The van der Waals surface area contributed by atoms with Gasteiger partial charge in [-0.05, 0) is 23.3 Å². The zero-order valence-electron chi connectivity index (χ0n) is 13.2. The lowest BCUT2D eigenvalue weighted by Gasteiger charge is -2.13. The van der Waals surface area contributed by atoms with E-state index in [9.17, 15) is 0 Å². The number of nitrogens with zero attached hydrogens (tertiary/aromatic N) is 2. The third kappa shape index (κ3) is 5.26. The summed E-state index contributed by atoms with van der Waals surface area (Å²) < 4.78 is 7.29. The molecule has 1 aromatic heterocycles. The lowest BCUT2D eigenvalue weighted by molar-refractivity contribution is 0.185. The second kappa shape index (κ2) is 8.89. The van der Waals surface area contributed by atoms with Crippen LogP contribution in [0, 0.1) is 0 Å². The van der Waals surface area contributed by atoms with E-state index in [4.69, 9.17) is 4.74 Å². The Labute approximate surface area is 132 Å². The first-order valence-corrected chi connectivity index (χ1v) is 7.44. The van der Waals surface area contributed by atoms with Crippen LogP contribution < -0.4 is 10.6 Å². The Kier molecular flexibility index (Phi) is 6.51. The van der Waals surface area contributed by atoms with Gasteiger partial charge < -0.3 is 19.9 Å². The fraction of sp³-hybridized carbons (Fsp3) is 0.353. The summed E-state index contributed by atoms with van der Waals surface area (Å²) in [4.78, 5) is 4.24. The molecule has 0 radical (unpaired) electrons. The van der Waals surface area contributed by atoms with Crippen molar-refractivity contribution in [2.45, 2.75) is 19.7 Å². The minimum atomic E-state index is 0.637. The second-order valence-corrected chi connectivity index (χ2v) is 5.03. The van der Waals surface area contributed by atoms with E-state index in [-0.39, 0.29) is 0 Å². The van der Waals surface area contributed by atoms with Crippen LogP contribution in [0.2, 0.25) is 0 Å². The maximum absolute atomic E-state index is 5.16. The SMILES string of the molecule is CN=C(NCCn1cccc1)NCc1cccc(COC)c1. The van der Waals surface area contributed by atoms with Gasteiger partial charge in [0.2, 0.25) is 0 Å². The van der Waals surface area contributed by atoms with Crippen molar-refractivity contribution in [3.8, 4) is 0 Å². The van der Waals surface area contributed by atoms with Crippen molar-refractivity contribution in [1.29, 1.82) is 0 Å². The van der Waals surface area contributed by atoms with Crippen molar-refractivity contribution in [2.24, 2.45) is 4.99 Å². The van der Waals surface area contributed by atoms with E-state index in [1.54, 1.807) is 14.2 Å². The third-order valence-electron chi connectivity index (χ3n) is 3.31. The summed E-state index contributed by atoms with van der Waals surface area (Å²) in [6.45, 7) is 3.12. The molecule has 0 atom stereocenters. The van der Waals surface area contributed by atoms with Crippen LogP contribution in [0.3, 0.4) is 0 Å². The number of aliphatic imine (C=N–C) groups is 1. The van der Waals surface area contributed by atoms with Crippen LogP contribution in [-0.2, 0) is 24.4 Å². The van der Waals surface area contributed by atoms with Crippen LogP contribution >= 0.6 is 0 Å². The van der Waals surface area contributed by atoms with Gasteiger partial charge in [-0.1, -0.05) is 24.3 Å². The second-order valence-electron chi connectivity index (χ2n) is 5.03. The summed E-state index contributed by atoms with van der Waals surface area (Å²) in [7, 11) is 3.49. The van der Waals surface area contributed by atoms with Crippen LogP contribution in [0.15, 0.2) is 53.8 Å². The molecule has 5 heteroatoms. The van der Waals surface area contributed by atoms with Crippen LogP contribution in [0.5, 0.6) is 0 Å². The summed E-state index contributed by atoms with van der Waals surface area (Å²) >= 11 is 0. The van der Waals surface area contributed by atoms with Gasteiger partial charge in [0.15, 0.2) is 5.96 Å². The molecule has 0 unspecified atom stereocenters. The summed E-state index contributed by atoms with van der Waals surface area (Å²) in [5, 5.41) is 6.64. The molecule has 2 rings (SSSR count). The molecule has 0 spiro atoms. The van der Waals surface area contributed by atoms with E-state index < -0.39 is 0 Å². The first kappa shape index (κ1) is 16.1. The van der Waals surface area contributed by atoms with Crippen LogP contribution in [0.4, 0.5) is 0 Å². The standard InChI is InChI=1S/C17H24N4O/c1-18-17(19-8-11-21-9-3-4-10-21)20-13-15-6-5-7-16(12-15)14-22-2/h3-7,9-10,12H,8,11,13-14H2,1-2H3,(H2,18,19,20). The molecule has 0 aliphatic heterocycles. The highest BCUT2D eigenvalue weighted by molar-refractivity contribution is 5.79. The molecule has 0 bridgehead atoms.